The second-order valence-electron chi connectivity index (χ2n) is 5.39. The first-order valence-corrected chi connectivity index (χ1v) is 7.03. The molecule has 0 aromatic rings. The van der Waals surface area contributed by atoms with Crippen LogP contribution in [0.4, 0.5) is 0 Å². The van der Waals surface area contributed by atoms with Crippen LogP contribution >= 0.6 is 0 Å². The second kappa shape index (κ2) is 7.29. The van der Waals surface area contributed by atoms with Gasteiger partial charge in [0.1, 0.15) is 0 Å². The van der Waals surface area contributed by atoms with Crippen LogP contribution in [0.1, 0.15) is 53.4 Å². The molecule has 0 saturated carbocycles. The molecule has 3 atom stereocenters. The van der Waals surface area contributed by atoms with E-state index in [1.54, 1.807) is 0 Å². The fraction of sp³-hybridized carbons (Fsp3) is 1.00. The lowest BCUT2D eigenvalue weighted by molar-refractivity contribution is -0.0718. The van der Waals surface area contributed by atoms with Crippen molar-refractivity contribution in [3.63, 3.8) is 0 Å². The van der Waals surface area contributed by atoms with Gasteiger partial charge < -0.3 is 4.74 Å². The number of hydrogen-bond acceptors (Lipinski definition) is 2. The monoisotopic (exact) mass is 227 g/mol. The molecule has 1 aliphatic rings. The van der Waals surface area contributed by atoms with Crippen LogP contribution in [-0.2, 0) is 4.74 Å². The number of morpholine rings is 1. The Morgan fingerprint density at radius 2 is 1.81 bits per heavy atom. The summed E-state index contributed by atoms with van der Waals surface area (Å²) in [6.07, 6.45) is 6.24. The van der Waals surface area contributed by atoms with Crippen LogP contribution in [0.2, 0.25) is 0 Å². The van der Waals surface area contributed by atoms with Gasteiger partial charge in [0.2, 0.25) is 0 Å². The normalized spacial score (nSPS) is 29.2. The fourth-order valence-electron chi connectivity index (χ4n) is 2.72. The van der Waals surface area contributed by atoms with Crippen molar-refractivity contribution in [2.24, 2.45) is 5.92 Å². The van der Waals surface area contributed by atoms with Crippen molar-refractivity contribution < 1.29 is 4.74 Å². The zero-order valence-corrected chi connectivity index (χ0v) is 11.5. The zero-order chi connectivity index (χ0) is 12.0. The van der Waals surface area contributed by atoms with Gasteiger partial charge in [-0.25, -0.2) is 0 Å². The van der Waals surface area contributed by atoms with Crippen LogP contribution in [-0.4, -0.2) is 36.7 Å². The Kier molecular flexibility index (Phi) is 6.37. The molecule has 1 heterocycles. The first-order valence-electron chi connectivity index (χ1n) is 7.03. The molecule has 0 aromatic carbocycles. The summed E-state index contributed by atoms with van der Waals surface area (Å²) in [5.41, 5.74) is 0. The van der Waals surface area contributed by atoms with Gasteiger partial charge in [0, 0.05) is 19.6 Å². The quantitative estimate of drug-likeness (QED) is 0.690. The summed E-state index contributed by atoms with van der Waals surface area (Å²) < 4.78 is 5.77. The highest BCUT2D eigenvalue weighted by molar-refractivity contribution is 4.75. The molecule has 3 unspecified atom stereocenters. The van der Waals surface area contributed by atoms with Gasteiger partial charge >= 0.3 is 0 Å². The molecule has 0 aromatic heterocycles. The van der Waals surface area contributed by atoms with Gasteiger partial charge in [-0.1, -0.05) is 33.1 Å². The highest BCUT2D eigenvalue weighted by atomic mass is 16.5. The molecule has 0 spiro atoms. The molecule has 0 bridgehead atoms. The lowest BCUT2D eigenvalue weighted by atomic mass is 9.98. The molecule has 16 heavy (non-hydrogen) atoms. The summed E-state index contributed by atoms with van der Waals surface area (Å²) in [6.45, 7) is 12.5. The molecule has 0 N–H and O–H groups in total. The largest absolute Gasteiger partial charge is 0.373 e. The Morgan fingerprint density at radius 1 is 1.19 bits per heavy atom. The van der Waals surface area contributed by atoms with Crippen molar-refractivity contribution in [3.05, 3.63) is 0 Å². The third-order valence-electron chi connectivity index (χ3n) is 3.55. The van der Waals surface area contributed by atoms with E-state index >= 15 is 0 Å². The molecular weight excluding hydrogens is 198 g/mol. The van der Waals surface area contributed by atoms with E-state index in [-0.39, 0.29) is 0 Å². The van der Waals surface area contributed by atoms with Gasteiger partial charge in [0.15, 0.2) is 0 Å². The van der Waals surface area contributed by atoms with Crippen molar-refractivity contribution in [1.29, 1.82) is 0 Å². The van der Waals surface area contributed by atoms with Crippen LogP contribution < -0.4 is 0 Å². The highest BCUT2D eigenvalue weighted by Gasteiger charge is 2.23. The Labute approximate surface area is 101 Å². The maximum atomic E-state index is 5.77. The van der Waals surface area contributed by atoms with Gasteiger partial charge in [-0.05, 0) is 26.2 Å². The molecule has 96 valence electrons. The molecule has 0 amide bonds. The molecular formula is C14H29NO. The first-order chi connectivity index (χ1) is 7.65. The van der Waals surface area contributed by atoms with Crippen LogP contribution in [0.5, 0.6) is 0 Å². The van der Waals surface area contributed by atoms with Crippen LogP contribution in [0.25, 0.3) is 0 Å². The van der Waals surface area contributed by atoms with Gasteiger partial charge in [0.05, 0.1) is 12.2 Å². The summed E-state index contributed by atoms with van der Waals surface area (Å²) in [4.78, 5) is 2.60. The standard InChI is InChI=1S/C14H29NO/c1-5-7-8-14(6-2)11-15-9-12(3)16-13(4)10-15/h12-14H,5-11H2,1-4H3. The predicted octanol–water partition coefficient (Wildman–Crippen LogP) is 3.31. The lowest BCUT2D eigenvalue weighted by Crippen LogP contribution is -2.47. The minimum absolute atomic E-state index is 0.410. The lowest BCUT2D eigenvalue weighted by Gasteiger charge is -2.37. The fourth-order valence-corrected chi connectivity index (χ4v) is 2.72. The first kappa shape index (κ1) is 14.0. The summed E-state index contributed by atoms with van der Waals surface area (Å²) in [5, 5.41) is 0. The van der Waals surface area contributed by atoms with Crippen LogP contribution in [0, 0.1) is 5.92 Å². The number of hydrogen-bond donors (Lipinski definition) is 0. The van der Waals surface area contributed by atoms with Gasteiger partial charge in [-0.15, -0.1) is 0 Å². The predicted molar refractivity (Wildman–Crippen MR) is 69.8 cm³/mol. The topological polar surface area (TPSA) is 12.5 Å². The molecule has 0 aliphatic carbocycles. The molecule has 1 fully saturated rings. The summed E-state index contributed by atoms with van der Waals surface area (Å²) in [6, 6.07) is 0. The van der Waals surface area contributed by atoms with E-state index in [2.05, 4.69) is 32.6 Å². The third kappa shape index (κ3) is 4.84. The number of unbranched alkanes of at least 4 members (excludes halogenated alkanes) is 1. The van der Waals surface area contributed by atoms with Gasteiger partial charge in [0.25, 0.3) is 0 Å². The summed E-state index contributed by atoms with van der Waals surface area (Å²) >= 11 is 0. The average molecular weight is 227 g/mol. The minimum Gasteiger partial charge on any atom is -0.373 e. The van der Waals surface area contributed by atoms with Crippen molar-refractivity contribution in [1.82, 2.24) is 4.90 Å². The van der Waals surface area contributed by atoms with Crippen molar-refractivity contribution in [3.8, 4) is 0 Å². The van der Waals surface area contributed by atoms with E-state index in [1.165, 1.54) is 32.2 Å². The van der Waals surface area contributed by atoms with Crippen molar-refractivity contribution in [2.45, 2.75) is 65.6 Å². The minimum atomic E-state index is 0.410. The van der Waals surface area contributed by atoms with Crippen LogP contribution in [0.3, 0.4) is 0 Å². The van der Waals surface area contributed by atoms with Gasteiger partial charge in [-0.3, -0.25) is 4.90 Å². The smallest absolute Gasteiger partial charge is 0.0678 e. The van der Waals surface area contributed by atoms with Crippen molar-refractivity contribution in [2.75, 3.05) is 19.6 Å². The van der Waals surface area contributed by atoms with Crippen LogP contribution in [0.15, 0.2) is 0 Å². The third-order valence-corrected chi connectivity index (χ3v) is 3.55. The second-order valence-corrected chi connectivity index (χ2v) is 5.39. The van der Waals surface area contributed by atoms with Crippen molar-refractivity contribution >= 4 is 0 Å². The number of nitrogens with zero attached hydrogens (tertiary/aromatic N) is 1. The average Bonchev–Trinajstić information content (AvgIpc) is 2.22. The Hall–Kier alpha value is -0.0800. The van der Waals surface area contributed by atoms with E-state index in [0.29, 0.717) is 12.2 Å². The zero-order valence-electron chi connectivity index (χ0n) is 11.5. The Bertz CT molecular complexity index is 174. The maximum absolute atomic E-state index is 5.77. The molecule has 1 saturated heterocycles. The van der Waals surface area contributed by atoms with E-state index in [0.717, 1.165) is 19.0 Å². The molecule has 1 aliphatic heterocycles. The SMILES string of the molecule is CCCCC(CC)CN1CC(C)OC(C)C1. The Balaban J connectivity index is 2.32. The molecule has 2 nitrogen and oxygen atoms in total. The molecule has 0 radical (unpaired) electrons. The summed E-state index contributed by atoms with van der Waals surface area (Å²) in [5.74, 6) is 0.887. The molecule has 1 rings (SSSR count). The maximum Gasteiger partial charge on any atom is 0.0678 e. The summed E-state index contributed by atoms with van der Waals surface area (Å²) in [7, 11) is 0. The van der Waals surface area contributed by atoms with E-state index < -0.39 is 0 Å². The van der Waals surface area contributed by atoms with Gasteiger partial charge in [-0.2, -0.15) is 0 Å². The van der Waals surface area contributed by atoms with E-state index in [4.69, 9.17) is 4.74 Å². The van der Waals surface area contributed by atoms with E-state index in [1.807, 2.05) is 0 Å². The molecule has 2 heteroatoms. The highest BCUT2D eigenvalue weighted by Crippen LogP contribution is 2.18. The number of ether oxygens (including phenoxy) is 1. The number of rotatable bonds is 6. The van der Waals surface area contributed by atoms with E-state index in [9.17, 15) is 0 Å². The Morgan fingerprint density at radius 3 is 2.31 bits per heavy atom.